The lowest BCUT2D eigenvalue weighted by atomic mass is 9.93. The summed E-state index contributed by atoms with van der Waals surface area (Å²) in [7, 11) is 0. The Labute approximate surface area is 198 Å². The zero-order chi connectivity index (χ0) is 23.9. The number of carbonyl (C=O) groups excluding carboxylic acids is 1. The van der Waals surface area contributed by atoms with Gasteiger partial charge < -0.3 is 15.2 Å². The summed E-state index contributed by atoms with van der Waals surface area (Å²) in [6, 6.07) is 5.96. The van der Waals surface area contributed by atoms with Crippen molar-refractivity contribution in [1.82, 2.24) is 5.48 Å². The Balaban J connectivity index is 2.05. The number of rotatable bonds is 10. The molecule has 0 aliphatic rings. The third-order valence-electron chi connectivity index (χ3n) is 4.37. The number of nitrogens with one attached hydrogen (secondary N) is 2. The van der Waals surface area contributed by atoms with E-state index in [2.05, 4.69) is 31.6 Å². The minimum Gasteiger partial charge on any atom is -0.394 e. The lowest BCUT2D eigenvalue weighted by Gasteiger charge is -2.21. The molecule has 0 radical (unpaired) electrons. The predicted octanol–water partition coefficient (Wildman–Crippen LogP) is 4.93. The van der Waals surface area contributed by atoms with Gasteiger partial charge in [0.1, 0.15) is 18.5 Å². The summed E-state index contributed by atoms with van der Waals surface area (Å²) in [5.41, 5.74) is 1.21. The molecule has 176 valence electrons. The van der Waals surface area contributed by atoms with Gasteiger partial charge in [0.15, 0.2) is 11.6 Å². The summed E-state index contributed by atoms with van der Waals surface area (Å²) >= 11 is 1.91. The number of benzene rings is 2. The summed E-state index contributed by atoms with van der Waals surface area (Å²) in [5, 5.41) is 11.8. The molecular formula is C22H26F3IN2O4. The van der Waals surface area contributed by atoms with Crippen LogP contribution in [0.2, 0.25) is 0 Å². The van der Waals surface area contributed by atoms with Crippen molar-refractivity contribution < 1.29 is 32.6 Å². The molecule has 1 atom stereocenters. The summed E-state index contributed by atoms with van der Waals surface area (Å²) < 4.78 is 48.5. The highest BCUT2D eigenvalue weighted by atomic mass is 127. The van der Waals surface area contributed by atoms with Gasteiger partial charge in [0.25, 0.3) is 5.91 Å². The van der Waals surface area contributed by atoms with Gasteiger partial charge in [-0.1, -0.05) is 20.8 Å². The highest BCUT2D eigenvalue weighted by Crippen LogP contribution is 2.28. The largest absolute Gasteiger partial charge is 0.394 e. The Hall–Kier alpha value is -1.89. The van der Waals surface area contributed by atoms with Crippen LogP contribution in [0.15, 0.2) is 30.3 Å². The molecule has 0 saturated carbocycles. The van der Waals surface area contributed by atoms with Crippen molar-refractivity contribution in [2.45, 2.75) is 33.3 Å². The number of hydrogen-bond donors (Lipinski definition) is 3. The highest BCUT2D eigenvalue weighted by molar-refractivity contribution is 14.1. The maximum Gasteiger partial charge on any atom is 0.277 e. The molecule has 0 bridgehead atoms. The first-order chi connectivity index (χ1) is 15.0. The quantitative estimate of drug-likeness (QED) is 0.281. The van der Waals surface area contributed by atoms with Crippen molar-refractivity contribution in [2.75, 3.05) is 25.1 Å². The number of anilines is 2. The molecule has 0 spiro atoms. The van der Waals surface area contributed by atoms with E-state index in [9.17, 15) is 23.1 Å². The SMILES string of the molecule is CC(C)(C)CCOC(CO)CONC(=O)c1ccc(F)c(F)c1Nc1ccc(I)cc1F. The Morgan fingerprint density at radius 2 is 1.88 bits per heavy atom. The zero-order valence-electron chi connectivity index (χ0n) is 18.0. The smallest absolute Gasteiger partial charge is 0.277 e. The molecule has 3 N–H and O–H groups in total. The lowest BCUT2D eigenvalue weighted by Crippen LogP contribution is -2.32. The molecule has 2 aromatic carbocycles. The molecule has 1 amide bonds. The third-order valence-corrected chi connectivity index (χ3v) is 5.04. The monoisotopic (exact) mass is 566 g/mol. The second kappa shape index (κ2) is 11.8. The summed E-state index contributed by atoms with van der Waals surface area (Å²) in [6.07, 6.45) is 0.0792. The van der Waals surface area contributed by atoms with Gasteiger partial charge in [0.05, 0.1) is 23.5 Å². The topological polar surface area (TPSA) is 79.8 Å². The van der Waals surface area contributed by atoms with Crippen LogP contribution in [0.1, 0.15) is 37.6 Å². The molecular weight excluding hydrogens is 540 g/mol. The molecule has 0 aromatic heterocycles. The van der Waals surface area contributed by atoms with Crippen LogP contribution in [0.25, 0.3) is 0 Å². The molecule has 10 heteroatoms. The van der Waals surface area contributed by atoms with Crippen molar-refractivity contribution in [3.05, 3.63) is 56.9 Å². The number of aliphatic hydroxyl groups is 1. The first-order valence-electron chi connectivity index (χ1n) is 9.86. The molecule has 2 aromatic rings. The first-order valence-corrected chi connectivity index (χ1v) is 10.9. The predicted molar refractivity (Wildman–Crippen MR) is 123 cm³/mol. The fourth-order valence-corrected chi connectivity index (χ4v) is 2.98. The van der Waals surface area contributed by atoms with Gasteiger partial charge >= 0.3 is 0 Å². The summed E-state index contributed by atoms with van der Waals surface area (Å²) in [6.45, 7) is 6.06. The van der Waals surface area contributed by atoms with E-state index >= 15 is 0 Å². The second-order valence-corrected chi connectivity index (χ2v) is 9.51. The molecule has 0 fully saturated rings. The Bertz CT molecular complexity index is 938. The van der Waals surface area contributed by atoms with E-state index in [1.807, 2.05) is 22.6 Å². The standard InChI is InChI=1S/C22H26F3IN2O4/c1-22(2,3)8-9-31-14(11-29)12-32-28-21(30)15-5-6-16(23)19(25)20(15)27-18-7-4-13(26)10-17(18)24/h4-7,10,14,27,29H,8-9,11-12H2,1-3H3,(H,28,30). The molecule has 2 rings (SSSR count). The van der Waals surface area contributed by atoms with Gasteiger partial charge in [-0.3, -0.25) is 9.63 Å². The summed E-state index contributed by atoms with van der Waals surface area (Å²) in [4.78, 5) is 17.6. The van der Waals surface area contributed by atoms with Gasteiger partial charge in [0.2, 0.25) is 0 Å². The van der Waals surface area contributed by atoms with Crippen LogP contribution >= 0.6 is 22.6 Å². The molecule has 0 heterocycles. The van der Waals surface area contributed by atoms with E-state index in [-0.39, 0.29) is 29.9 Å². The van der Waals surface area contributed by atoms with Crippen molar-refractivity contribution >= 4 is 39.9 Å². The third kappa shape index (κ3) is 7.91. The average molecular weight is 566 g/mol. The van der Waals surface area contributed by atoms with Crippen molar-refractivity contribution in [1.29, 1.82) is 0 Å². The van der Waals surface area contributed by atoms with E-state index in [0.717, 1.165) is 18.6 Å². The van der Waals surface area contributed by atoms with Crippen LogP contribution in [0.3, 0.4) is 0 Å². The minimum absolute atomic E-state index is 0.0572. The van der Waals surface area contributed by atoms with E-state index in [0.29, 0.717) is 10.2 Å². The average Bonchev–Trinajstić information content (AvgIpc) is 2.71. The molecule has 0 aliphatic heterocycles. The number of ether oxygens (including phenoxy) is 1. The number of hydroxylamine groups is 1. The van der Waals surface area contributed by atoms with Crippen LogP contribution in [-0.2, 0) is 9.57 Å². The normalized spacial score (nSPS) is 12.5. The molecule has 1 unspecified atom stereocenters. The van der Waals surface area contributed by atoms with Gasteiger partial charge in [-0.05, 0) is 64.8 Å². The number of aliphatic hydroxyl groups excluding tert-OH is 1. The van der Waals surface area contributed by atoms with Gasteiger partial charge in [-0.15, -0.1) is 0 Å². The summed E-state index contributed by atoms with van der Waals surface area (Å²) in [5.74, 6) is -4.12. The Morgan fingerprint density at radius 1 is 1.16 bits per heavy atom. The van der Waals surface area contributed by atoms with Crippen LogP contribution in [0.4, 0.5) is 24.5 Å². The molecule has 0 saturated heterocycles. The number of halogens is 4. The van der Waals surface area contributed by atoms with Gasteiger partial charge in [-0.2, -0.15) is 0 Å². The fraction of sp³-hybridized carbons (Fsp3) is 0.409. The van der Waals surface area contributed by atoms with Crippen molar-refractivity contribution in [3.63, 3.8) is 0 Å². The van der Waals surface area contributed by atoms with E-state index in [1.165, 1.54) is 12.1 Å². The second-order valence-electron chi connectivity index (χ2n) is 8.26. The minimum atomic E-state index is -1.34. The van der Waals surface area contributed by atoms with Crippen molar-refractivity contribution in [2.24, 2.45) is 5.41 Å². The molecule has 0 aliphatic carbocycles. The molecule has 32 heavy (non-hydrogen) atoms. The number of amides is 1. The van der Waals surface area contributed by atoms with Gasteiger partial charge in [0, 0.05) is 10.2 Å². The highest BCUT2D eigenvalue weighted by Gasteiger charge is 2.21. The van der Waals surface area contributed by atoms with Crippen LogP contribution in [-0.4, -0.2) is 36.9 Å². The lowest BCUT2D eigenvalue weighted by molar-refractivity contribution is -0.0676. The fourth-order valence-electron chi connectivity index (χ4n) is 2.53. The Morgan fingerprint density at radius 3 is 2.50 bits per heavy atom. The molecule has 6 nitrogen and oxygen atoms in total. The zero-order valence-corrected chi connectivity index (χ0v) is 20.1. The Kier molecular flexibility index (Phi) is 9.74. The first kappa shape index (κ1) is 26.4. The van der Waals surface area contributed by atoms with Crippen LogP contribution < -0.4 is 10.8 Å². The van der Waals surface area contributed by atoms with E-state index in [4.69, 9.17) is 9.57 Å². The maximum absolute atomic E-state index is 14.4. The van der Waals surface area contributed by atoms with E-state index < -0.39 is 35.2 Å². The number of carbonyl (C=O) groups is 1. The van der Waals surface area contributed by atoms with Crippen LogP contribution in [0, 0.1) is 26.4 Å². The van der Waals surface area contributed by atoms with Crippen molar-refractivity contribution in [3.8, 4) is 0 Å². The van der Waals surface area contributed by atoms with Gasteiger partial charge in [-0.25, -0.2) is 18.7 Å². The number of hydrogen-bond acceptors (Lipinski definition) is 5. The van der Waals surface area contributed by atoms with Crippen LogP contribution in [0.5, 0.6) is 0 Å². The van der Waals surface area contributed by atoms with E-state index in [1.54, 1.807) is 6.07 Å². The maximum atomic E-state index is 14.4.